The highest BCUT2D eigenvalue weighted by Gasteiger charge is 2.42. The third-order valence-corrected chi connectivity index (χ3v) is 6.16. The van der Waals surface area contributed by atoms with Gasteiger partial charge in [-0.3, -0.25) is 14.6 Å². The van der Waals surface area contributed by atoms with E-state index in [0.717, 1.165) is 23.8 Å². The zero-order chi connectivity index (χ0) is 21.0. The van der Waals surface area contributed by atoms with Gasteiger partial charge in [-0.1, -0.05) is 12.1 Å². The Balaban J connectivity index is 1.47. The van der Waals surface area contributed by atoms with Crippen LogP contribution in [-0.2, 0) is 11.2 Å². The molecule has 0 saturated carbocycles. The van der Waals surface area contributed by atoms with Crippen molar-refractivity contribution in [3.05, 3.63) is 81.4 Å². The minimum atomic E-state index is -1.02. The van der Waals surface area contributed by atoms with E-state index in [4.69, 9.17) is 0 Å². The molecule has 30 heavy (non-hydrogen) atoms. The number of hydrogen-bond acceptors (Lipinski definition) is 3. The number of aromatic nitrogens is 2. The fraction of sp³-hybridized carbons (Fsp3) is 0.261. The zero-order valence-corrected chi connectivity index (χ0v) is 16.3. The normalized spacial score (nSPS) is 20.1. The molecule has 1 amide bonds. The number of nitrogens with one attached hydrogen (secondary N) is 1. The van der Waals surface area contributed by atoms with Gasteiger partial charge in [0, 0.05) is 23.7 Å². The van der Waals surface area contributed by atoms with Crippen LogP contribution in [0.1, 0.15) is 23.2 Å². The van der Waals surface area contributed by atoms with E-state index in [0.29, 0.717) is 12.1 Å². The summed E-state index contributed by atoms with van der Waals surface area (Å²) in [6, 6.07) is 7.90. The van der Waals surface area contributed by atoms with Gasteiger partial charge < -0.3 is 9.88 Å². The summed E-state index contributed by atoms with van der Waals surface area (Å²) in [5, 5.41) is 0.00872. The van der Waals surface area contributed by atoms with Gasteiger partial charge in [0.25, 0.3) is 5.56 Å². The average molecular weight is 407 g/mol. The quantitative estimate of drug-likeness (QED) is 0.724. The van der Waals surface area contributed by atoms with Crippen molar-refractivity contribution in [2.45, 2.75) is 25.8 Å². The van der Waals surface area contributed by atoms with E-state index < -0.39 is 17.2 Å². The highest BCUT2D eigenvalue weighted by atomic mass is 19.2. The summed E-state index contributed by atoms with van der Waals surface area (Å²) in [5.41, 5.74) is 2.10. The first-order chi connectivity index (χ1) is 14.4. The lowest BCUT2D eigenvalue weighted by atomic mass is 10.00. The number of aryl methyl sites for hydroxylation is 1. The lowest BCUT2D eigenvalue weighted by molar-refractivity contribution is -0.130. The topological polar surface area (TPSA) is 66.1 Å². The second-order valence-electron chi connectivity index (χ2n) is 7.91. The van der Waals surface area contributed by atoms with Gasteiger partial charge in [-0.25, -0.2) is 8.78 Å². The molecule has 3 heterocycles. The minimum Gasteiger partial charge on any atom is -0.335 e. The summed E-state index contributed by atoms with van der Waals surface area (Å²) >= 11 is 0. The predicted molar refractivity (Wildman–Crippen MR) is 109 cm³/mol. The van der Waals surface area contributed by atoms with Gasteiger partial charge in [-0.15, -0.1) is 0 Å². The molecule has 5 rings (SSSR count). The van der Waals surface area contributed by atoms with Crippen LogP contribution >= 0.6 is 0 Å². The van der Waals surface area contributed by atoms with Gasteiger partial charge >= 0.3 is 0 Å². The number of hydrogen-bond donors (Lipinski definition) is 1. The maximum atomic E-state index is 14.4. The summed E-state index contributed by atoms with van der Waals surface area (Å²) < 4.78 is 28.1. The molecule has 2 aliphatic rings. The van der Waals surface area contributed by atoms with Gasteiger partial charge in [0.2, 0.25) is 5.91 Å². The molecule has 2 aromatic heterocycles. The van der Waals surface area contributed by atoms with Gasteiger partial charge in [-0.05, 0) is 54.7 Å². The maximum absolute atomic E-state index is 14.4. The van der Waals surface area contributed by atoms with E-state index in [9.17, 15) is 18.4 Å². The largest absolute Gasteiger partial charge is 0.335 e. The molecule has 1 N–H and O–H groups in total. The molecular weight excluding hydrogens is 388 g/mol. The van der Waals surface area contributed by atoms with E-state index in [1.165, 1.54) is 6.07 Å². The number of H-pyrrole nitrogens is 1. The number of amides is 1. The van der Waals surface area contributed by atoms with Crippen molar-refractivity contribution in [1.82, 2.24) is 14.9 Å². The van der Waals surface area contributed by atoms with Crippen LogP contribution in [0.15, 0.2) is 47.4 Å². The van der Waals surface area contributed by atoms with Crippen LogP contribution < -0.4 is 5.56 Å². The summed E-state index contributed by atoms with van der Waals surface area (Å²) in [7, 11) is 0. The highest BCUT2D eigenvalue weighted by Crippen LogP contribution is 2.41. The molecule has 3 aromatic rings. The number of carbonyl (C=O) groups is 1. The van der Waals surface area contributed by atoms with Crippen LogP contribution in [0.2, 0.25) is 0 Å². The van der Waals surface area contributed by atoms with Crippen molar-refractivity contribution in [3.63, 3.8) is 0 Å². The monoisotopic (exact) mass is 407 g/mol. The Morgan fingerprint density at radius 1 is 1.27 bits per heavy atom. The first kappa shape index (κ1) is 18.7. The Kier molecular flexibility index (Phi) is 4.27. The standard InChI is InChI=1S/C23H19F2N3O2/c1-12-14(23(30)27-18-6-5-16(24)22(25)21(12)18)10-20(29)28-11-13-8-15(19(28)9-13)17-4-2-3-7-26-17/h2-8,13,19H,9-11H2,1H3,(H,27,30)/t13-,19-/m0/s1. The Morgan fingerprint density at radius 3 is 2.83 bits per heavy atom. The Morgan fingerprint density at radius 2 is 2.10 bits per heavy atom. The molecule has 7 heteroatoms. The van der Waals surface area contributed by atoms with Crippen LogP contribution in [-0.4, -0.2) is 33.4 Å². The van der Waals surface area contributed by atoms with Gasteiger partial charge in [0.1, 0.15) is 0 Å². The molecule has 0 radical (unpaired) electrons. The Bertz CT molecular complexity index is 1270. The highest BCUT2D eigenvalue weighted by molar-refractivity contribution is 5.88. The molecule has 1 aliphatic carbocycles. The third-order valence-electron chi connectivity index (χ3n) is 6.16. The number of likely N-dealkylation sites (tertiary alicyclic amines) is 1. The second-order valence-corrected chi connectivity index (χ2v) is 7.91. The SMILES string of the molecule is Cc1c(CC(=O)N2C[C@H]3C=C(c4ccccn4)[C@@H]2C3)c(=O)[nH]c2ccc(F)c(F)c12. The molecular formula is C23H19F2N3O2. The van der Waals surface area contributed by atoms with Crippen LogP contribution in [0.3, 0.4) is 0 Å². The minimum absolute atomic E-state index is 0.00872. The molecule has 0 spiro atoms. The van der Waals surface area contributed by atoms with Crippen molar-refractivity contribution in [2.24, 2.45) is 5.92 Å². The van der Waals surface area contributed by atoms with Crippen molar-refractivity contribution >= 4 is 22.4 Å². The Labute approximate surface area is 171 Å². The smallest absolute Gasteiger partial charge is 0.252 e. The number of pyridine rings is 2. The summed E-state index contributed by atoms with van der Waals surface area (Å²) in [6.07, 6.45) is 4.57. The molecule has 1 fully saturated rings. The molecule has 2 atom stereocenters. The predicted octanol–water partition coefficient (Wildman–Crippen LogP) is 3.37. The third kappa shape index (κ3) is 2.84. The van der Waals surface area contributed by atoms with Gasteiger partial charge in [0.05, 0.1) is 23.7 Å². The van der Waals surface area contributed by atoms with E-state index >= 15 is 0 Å². The number of carbonyl (C=O) groups excluding carboxylic acids is 1. The molecule has 1 aromatic carbocycles. The fourth-order valence-electron chi connectivity index (χ4n) is 4.72. The number of fused-ring (bicyclic) bond motifs is 3. The van der Waals surface area contributed by atoms with Crippen molar-refractivity contribution in [1.29, 1.82) is 0 Å². The Hall–Kier alpha value is -3.35. The average Bonchev–Trinajstić information content (AvgIpc) is 3.35. The first-order valence-electron chi connectivity index (χ1n) is 9.86. The van der Waals surface area contributed by atoms with Crippen molar-refractivity contribution in [2.75, 3.05) is 6.54 Å². The summed E-state index contributed by atoms with van der Waals surface area (Å²) in [4.78, 5) is 34.5. The van der Waals surface area contributed by atoms with E-state index in [2.05, 4.69) is 16.0 Å². The number of aromatic amines is 1. The second kappa shape index (κ2) is 6.86. The summed E-state index contributed by atoms with van der Waals surface area (Å²) in [5.74, 6) is -1.94. The van der Waals surface area contributed by atoms with E-state index in [-0.39, 0.29) is 40.8 Å². The van der Waals surface area contributed by atoms with Gasteiger partial charge in [0.15, 0.2) is 11.6 Å². The van der Waals surface area contributed by atoms with E-state index in [1.54, 1.807) is 18.0 Å². The van der Waals surface area contributed by atoms with Crippen LogP contribution in [0.4, 0.5) is 8.78 Å². The number of rotatable bonds is 3. The zero-order valence-electron chi connectivity index (χ0n) is 16.3. The molecule has 0 unspecified atom stereocenters. The molecule has 152 valence electrons. The fourth-order valence-corrected chi connectivity index (χ4v) is 4.72. The molecule has 5 nitrogen and oxygen atoms in total. The number of halogens is 2. The number of benzene rings is 1. The first-order valence-corrected chi connectivity index (χ1v) is 9.86. The van der Waals surface area contributed by atoms with Crippen LogP contribution in [0.5, 0.6) is 0 Å². The molecule has 2 bridgehead atoms. The summed E-state index contributed by atoms with van der Waals surface area (Å²) in [6.45, 7) is 2.14. The van der Waals surface area contributed by atoms with Crippen LogP contribution in [0, 0.1) is 24.5 Å². The lowest BCUT2D eigenvalue weighted by Gasteiger charge is -2.28. The molecule has 1 aliphatic heterocycles. The van der Waals surface area contributed by atoms with Gasteiger partial charge in [-0.2, -0.15) is 0 Å². The van der Waals surface area contributed by atoms with Crippen LogP contribution in [0.25, 0.3) is 16.5 Å². The molecule has 1 saturated heterocycles. The maximum Gasteiger partial charge on any atom is 0.252 e. The van der Waals surface area contributed by atoms with Crippen molar-refractivity contribution in [3.8, 4) is 0 Å². The lowest BCUT2D eigenvalue weighted by Crippen LogP contribution is -2.39. The number of nitrogens with zero attached hydrogens (tertiary/aromatic N) is 2. The van der Waals surface area contributed by atoms with E-state index in [1.807, 2.05) is 18.2 Å². The van der Waals surface area contributed by atoms with Crippen molar-refractivity contribution < 1.29 is 13.6 Å².